The Balaban J connectivity index is 2.69. The molecule has 0 heterocycles. The van der Waals surface area contributed by atoms with E-state index in [4.69, 9.17) is 11.6 Å². The van der Waals surface area contributed by atoms with E-state index >= 15 is 0 Å². The largest absolute Gasteiger partial charge is 0.216 e. The van der Waals surface area contributed by atoms with Crippen molar-refractivity contribution in [2.24, 2.45) is 0 Å². The van der Waals surface area contributed by atoms with E-state index in [1.807, 2.05) is 13.8 Å². The molecule has 0 aliphatic carbocycles. The van der Waals surface area contributed by atoms with Gasteiger partial charge in [-0.2, -0.15) is 0 Å². The molecular weight excluding hydrogens is 246 g/mol. The lowest BCUT2D eigenvalue weighted by Gasteiger charge is -2.11. The van der Waals surface area contributed by atoms with Crippen molar-refractivity contribution in [2.45, 2.75) is 32.1 Å². The molecular formula is C11H16ClNO2S. The second kappa shape index (κ2) is 5.66. The first-order valence-corrected chi connectivity index (χ1v) is 7.20. The lowest BCUT2D eigenvalue weighted by Crippen LogP contribution is -2.32. The quantitative estimate of drug-likeness (QED) is 0.886. The number of benzene rings is 1. The highest BCUT2D eigenvalue weighted by atomic mass is 35.5. The highest BCUT2D eigenvalue weighted by Crippen LogP contribution is 2.11. The zero-order valence-corrected chi connectivity index (χ0v) is 11.0. The van der Waals surface area contributed by atoms with Crippen LogP contribution in [0.4, 0.5) is 0 Å². The summed E-state index contributed by atoms with van der Waals surface area (Å²) in [6, 6.07) is 6.79. The maximum Gasteiger partial charge on any atom is 0.216 e. The van der Waals surface area contributed by atoms with Crippen molar-refractivity contribution < 1.29 is 8.42 Å². The molecule has 0 radical (unpaired) electrons. The van der Waals surface area contributed by atoms with Crippen molar-refractivity contribution in [3.8, 4) is 0 Å². The van der Waals surface area contributed by atoms with Gasteiger partial charge in [0.15, 0.2) is 0 Å². The van der Waals surface area contributed by atoms with Crippen molar-refractivity contribution >= 4 is 21.6 Å². The van der Waals surface area contributed by atoms with Crippen molar-refractivity contribution in [2.75, 3.05) is 0 Å². The maximum absolute atomic E-state index is 11.7. The van der Waals surface area contributed by atoms with E-state index in [9.17, 15) is 8.42 Å². The Kier molecular flexibility index (Phi) is 4.77. The van der Waals surface area contributed by atoms with Gasteiger partial charge in [-0.1, -0.05) is 30.7 Å². The molecule has 0 aliphatic heterocycles. The first-order chi connectivity index (χ1) is 7.43. The van der Waals surface area contributed by atoms with Gasteiger partial charge in [-0.25, -0.2) is 13.1 Å². The topological polar surface area (TPSA) is 46.2 Å². The van der Waals surface area contributed by atoms with E-state index < -0.39 is 10.0 Å². The van der Waals surface area contributed by atoms with Crippen LogP contribution in [0.25, 0.3) is 0 Å². The molecule has 0 fully saturated rings. The van der Waals surface area contributed by atoms with Gasteiger partial charge in [0, 0.05) is 11.1 Å². The van der Waals surface area contributed by atoms with E-state index in [0.29, 0.717) is 5.02 Å². The normalized spacial score (nSPS) is 13.7. The minimum Gasteiger partial charge on any atom is -0.212 e. The Hall–Kier alpha value is -0.580. The Morgan fingerprint density at radius 3 is 2.38 bits per heavy atom. The summed E-state index contributed by atoms with van der Waals surface area (Å²) < 4.78 is 26.0. The molecule has 0 aromatic heterocycles. The molecule has 1 aromatic rings. The average Bonchev–Trinajstić information content (AvgIpc) is 2.20. The van der Waals surface area contributed by atoms with Crippen LogP contribution in [0.5, 0.6) is 0 Å². The van der Waals surface area contributed by atoms with Crippen molar-refractivity contribution in [1.29, 1.82) is 0 Å². The van der Waals surface area contributed by atoms with Gasteiger partial charge in [-0.15, -0.1) is 0 Å². The third-order valence-corrected chi connectivity index (χ3v) is 3.99. The van der Waals surface area contributed by atoms with Crippen molar-refractivity contribution in [1.82, 2.24) is 4.72 Å². The minimum absolute atomic E-state index is 0.00545. The van der Waals surface area contributed by atoms with Crippen molar-refractivity contribution in [3.05, 3.63) is 34.9 Å². The van der Waals surface area contributed by atoms with Gasteiger partial charge in [0.25, 0.3) is 0 Å². The molecule has 0 saturated carbocycles. The predicted octanol–water partition coefficient (Wildman–Crippen LogP) is 2.56. The van der Waals surface area contributed by atoms with E-state index in [-0.39, 0.29) is 11.8 Å². The Bertz CT molecular complexity index is 428. The number of nitrogens with one attached hydrogen (secondary N) is 1. The van der Waals surface area contributed by atoms with Gasteiger partial charge in [-0.3, -0.25) is 0 Å². The third-order valence-electron chi connectivity index (χ3n) is 2.26. The summed E-state index contributed by atoms with van der Waals surface area (Å²) in [5, 5.41) is 0.607. The second-order valence-electron chi connectivity index (χ2n) is 3.81. The molecule has 16 heavy (non-hydrogen) atoms. The average molecular weight is 262 g/mol. The molecule has 3 nitrogen and oxygen atoms in total. The van der Waals surface area contributed by atoms with E-state index in [1.165, 1.54) is 0 Å². The van der Waals surface area contributed by atoms with Gasteiger partial charge in [0.1, 0.15) is 0 Å². The second-order valence-corrected chi connectivity index (χ2v) is 6.00. The number of rotatable bonds is 5. The Morgan fingerprint density at radius 1 is 1.31 bits per heavy atom. The Morgan fingerprint density at radius 2 is 1.88 bits per heavy atom. The monoisotopic (exact) mass is 261 g/mol. The maximum atomic E-state index is 11.7. The lowest BCUT2D eigenvalue weighted by molar-refractivity contribution is 0.555. The standard InChI is InChI=1S/C11H16ClNO2S/c1-3-9(2)13-16(14,15)8-10-4-6-11(12)7-5-10/h4-7,9,13H,3,8H2,1-2H3. The molecule has 0 spiro atoms. The van der Waals surface area contributed by atoms with E-state index in [2.05, 4.69) is 4.72 Å². The highest BCUT2D eigenvalue weighted by Gasteiger charge is 2.13. The zero-order chi connectivity index (χ0) is 12.2. The number of hydrogen-bond donors (Lipinski definition) is 1. The molecule has 1 rings (SSSR count). The SMILES string of the molecule is CCC(C)NS(=O)(=O)Cc1ccc(Cl)cc1. The molecule has 1 aromatic carbocycles. The zero-order valence-electron chi connectivity index (χ0n) is 9.40. The minimum atomic E-state index is -3.25. The van der Waals surface area contributed by atoms with Crippen LogP contribution in [-0.4, -0.2) is 14.5 Å². The van der Waals surface area contributed by atoms with Crippen molar-refractivity contribution in [3.63, 3.8) is 0 Å². The highest BCUT2D eigenvalue weighted by molar-refractivity contribution is 7.88. The van der Waals surface area contributed by atoms with Gasteiger partial charge in [-0.05, 0) is 31.0 Å². The molecule has 0 saturated heterocycles. The fourth-order valence-corrected chi connectivity index (χ4v) is 2.85. The molecule has 0 amide bonds. The summed E-state index contributed by atoms with van der Waals surface area (Å²) in [5.74, 6) is -0.00545. The van der Waals surface area contributed by atoms with E-state index in [1.54, 1.807) is 24.3 Å². The van der Waals surface area contributed by atoms with Gasteiger partial charge < -0.3 is 0 Å². The summed E-state index contributed by atoms with van der Waals surface area (Å²) in [4.78, 5) is 0. The predicted molar refractivity (Wildman–Crippen MR) is 67.0 cm³/mol. The molecule has 5 heteroatoms. The fourth-order valence-electron chi connectivity index (χ4n) is 1.23. The fraction of sp³-hybridized carbons (Fsp3) is 0.455. The molecule has 90 valence electrons. The van der Waals surface area contributed by atoms with Crippen LogP contribution in [0.2, 0.25) is 5.02 Å². The molecule has 1 unspecified atom stereocenters. The molecule has 1 atom stereocenters. The van der Waals surface area contributed by atoms with Gasteiger partial charge in [0.2, 0.25) is 10.0 Å². The van der Waals surface area contributed by atoms with Crippen LogP contribution in [0.3, 0.4) is 0 Å². The Labute approximate surface area is 102 Å². The van der Waals surface area contributed by atoms with Gasteiger partial charge >= 0.3 is 0 Å². The van der Waals surface area contributed by atoms with E-state index in [0.717, 1.165) is 12.0 Å². The summed E-state index contributed by atoms with van der Waals surface area (Å²) >= 11 is 5.72. The number of sulfonamides is 1. The van der Waals surface area contributed by atoms with Crippen LogP contribution in [0.1, 0.15) is 25.8 Å². The van der Waals surface area contributed by atoms with Crippen LogP contribution in [0.15, 0.2) is 24.3 Å². The number of hydrogen-bond acceptors (Lipinski definition) is 2. The number of halogens is 1. The third kappa shape index (κ3) is 4.51. The summed E-state index contributed by atoms with van der Waals surface area (Å²) in [6.45, 7) is 3.79. The molecule has 0 aliphatic rings. The van der Waals surface area contributed by atoms with Crippen LogP contribution >= 0.6 is 11.6 Å². The van der Waals surface area contributed by atoms with Crippen LogP contribution < -0.4 is 4.72 Å². The van der Waals surface area contributed by atoms with Gasteiger partial charge in [0.05, 0.1) is 5.75 Å². The first kappa shape index (κ1) is 13.5. The summed E-state index contributed by atoms with van der Waals surface area (Å²) in [5.41, 5.74) is 0.736. The summed E-state index contributed by atoms with van der Waals surface area (Å²) in [7, 11) is -3.25. The van der Waals surface area contributed by atoms with Crippen LogP contribution in [-0.2, 0) is 15.8 Å². The van der Waals surface area contributed by atoms with Crippen LogP contribution in [0, 0.1) is 0 Å². The lowest BCUT2D eigenvalue weighted by atomic mass is 10.2. The molecule has 0 bridgehead atoms. The smallest absolute Gasteiger partial charge is 0.212 e. The summed E-state index contributed by atoms with van der Waals surface area (Å²) in [6.07, 6.45) is 0.778. The first-order valence-electron chi connectivity index (χ1n) is 5.17. The molecule has 1 N–H and O–H groups in total.